The second kappa shape index (κ2) is 7.77. The van der Waals surface area contributed by atoms with Gasteiger partial charge >= 0.3 is 5.97 Å². The third-order valence-corrected chi connectivity index (χ3v) is 4.22. The topological polar surface area (TPSA) is 38.3 Å². The maximum Gasteiger partial charge on any atom is 0.334 e. The molecule has 0 spiro atoms. The van der Waals surface area contributed by atoms with Crippen LogP contribution in [0.5, 0.6) is 0 Å². The highest BCUT2D eigenvalue weighted by Gasteiger charge is 2.21. The minimum atomic E-state index is -0.280. The van der Waals surface area contributed by atoms with E-state index in [9.17, 15) is 4.79 Å². The molecule has 0 aliphatic heterocycles. The van der Waals surface area contributed by atoms with E-state index >= 15 is 0 Å². The quantitative estimate of drug-likeness (QED) is 0.585. The van der Waals surface area contributed by atoms with Crippen molar-refractivity contribution >= 4 is 17.7 Å². The number of thioether (sulfide) groups is 1. The lowest BCUT2D eigenvalue weighted by molar-refractivity contribution is -0.138. The van der Waals surface area contributed by atoms with Crippen molar-refractivity contribution in [3.05, 3.63) is 12.2 Å². The highest BCUT2D eigenvalue weighted by Crippen LogP contribution is 2.26. The van der Waals surface area contributed by atoms with E-state index in [-0.39, 0.29) is 5.97 Å². The normalized spacial score (nSPS) is 24.4. The summed E-state index contributed by atoms with van der Waals surface area (Å²) in [6, 6.07) is 0.521. The third-order valence-electron chi connectivity index (χ3n) is 3.13. The summed E-state index contributed by atoms with van der Waals surface area (Å²) in [6.07, 6.45) is 7.16. The zero-order valence-corrected chi connectivity index (χ0v) is 11.6. The lowest BCUT2D eigenvalue weighted by Gasteiger charge is -2.28. The van der Waals surface area contributed by atoms with Gasteiger partial charge in [0.1, 0.15) is 0 Å². The van der Waals surface area contributed by atoms with E-state index in [1.807, 2.05) is 18.7 Å². The summed E-state index contributed by atoms with van der Waals surface area (Å²) in [7, 11) is 0. The second-order valence-electron chi connectivity index (χ2n) is 4.43. The van der Waals surface area contributed by atoms with Gasteiger partial charge in [0.05, 0.1) is 6.61 Å². The first kappa shape index (κ1) is 14.6. The van der Waals surface area contributed by atoms with E-state index in [1.54, 1.807) is 0 Å². The van der Waals surface area contributed by atoms with Crippen molar-refractivity contribution in [3.8, 4) is 0 Å². The number of ether oxygens (including phenoxy) is 1. The van der Waals surface area contributed by atoms with Crippen LogP contribution in [-0.2, 0) is 9.53 Å². The summed E-state index contributed by atoms with van der Waals surface area (Å²) < 4.78 is 4.90. The van der Waals surface area contributed by atoms with Crippen molar-refractivity contribution < 1.29 is 9.53 Å². The molecule has 0 radical (unpaired) electrons. The molecular weight excluding hydrogens is 234 g/mol. The predicted molar refractivity (Wildman–Crippen MR) is 73.3 cm³/mol. The SMILES string of the molecule is C=C(CNC1CCCC(SC)C1)C(=O)OCC. The molecule has 3 nitrogen and oxygen atoms in total. The molecule has 1 fully saturated rings. The summed E-state index contributed by atoms with van der Waals surface area (Å²) in [4.78, 5) is 11.4. The largest absolute Gasteiger partial charge is 0.463 e. The third kappa shape index (κ3) is 5.13. The Kier molecular flexibility index (Phi) is 6.66. The van der Waals surface area contributed by atoms with Crippen LogP contribution in [0.4, 0.5) is 0 Å². The molecule has 0 aromatic heterocycles. The predicted octanol–water partition coefficient (Wildman–Crippen LogP) is 2.37. The van der Waals surface area contributed by atoms with Gasteiger partial charge in [0, 0.05) is 23.4 Å². The van der Waals surface area contributed by atoms with Gasteiger partial charge in [-0.1, -0.05) is 13.0 Å². The van der Waals surface area contributed by atoms with Gasteiger partial charge < -0.3 is 10.1 Å². The van der Waals surface area contributed by atoms with Crippen LogP contribution in [0.1, 0.15) is 32.6 Å². The molecule has 1 rings (SSSR count). The van der Waals surface area contributed by atoms with Crippen LogP contribution in [0.3, 0.4) is 0 Å². The van der Waals surface area contributed by atoms with E-state index in [0.717, 1.165) is 5.25 Å². The number of carbonyl (C=O) groups is 1. The molecule has 1 aliphatic carbocycles. The zero-order valence-electron chi connectivity index (χ0n) is 10.8. The molecule has 4 heteroatoms. The minimum Gasteiger partial charge on any atom is -0.463 e. The number of hydrogen-bond acceptors (Lipinski definition) is 4. The fourth-order valence-corrected chi connectivity index (χ4v) is 2.94. The van der Waals surface area contributed by atoms with Gasteiger partial charge in [-0.3, -0.25) is 0 Å². The van der Waals surface area contributed by atoms with Crippen LogP contribution in [-0.4, -0.2) is 36.7 Å². The smallest absolute Gasteiger partial charge is 0.334 e. The molecule has 0 saturated heterocycles. The van der Waals surface area contributed by atoms with E-state index in [2.05, 4.69) is 18.2 Å². The van der Waals surface area contributed by atoms with Gasteiger partial charge in [-0.25, -0.2) is 4.79 Å². The van der Waals surface area contributed by atoms with Crippen LogP contribution >= 0.6 is 11.8 Å². The molecule has 2 atom stereocenters. The molecule has 2 unspecified atom stereocenters. The van der Waals surface area contributed by atoms with Gasteiger partial charge in [0.15, 0.2) is 0 Å². The molecule has 17 heavy (non-hydrogen) atoms. The van der Waals surface area contributed by atoms with Crippen molar-refractivity contribution in [2.75, 3.05) is 19.4 Å². The van der Waals surface area contributed by atoms with E-state index in [1.165, 1.54) is 25.7 Å². The average Bonchev–Trinajstić information content (AvgIpc) is 2.36. The zero-order chi connectivity index (χ0) is 12.7. The molecule has 0 heterocycles. The Morgan fingerprint density at radius 1 is 1.53 bits per heavy atom. The lowest BCUT2D eigenvalue weighted by Crippen LogP contribution is -2.37. The number of nitrogens with one attached hydrogen (secondary N) is 1. The fourth-order valence-electron chi connectivity index (χ4n) is 2.12. The molecule has 0 aromatic rings. The summed E-state index contributed by atoms with van der Waals surface area (Å²) in [5, 5.41) is 4.17. The van der Waals surface area contributed by atoms with Crippen LogP contribution in [0.2, 0.25) is 0 Å². The summed E-state index contributed by atoms with van der Waals surface area (Å²) in [5.74, 6) is -0.280. The van der Waals surface area contributed by atoms with E-state index in [4.69, 9.17) is 4.74 Å². The van der Waals surface area contributed by atoms with Crippen LogP contribution in [0, 0.1) is 0 Å². The molecule has 1 N–H and O–H groups in total. The Labute approximate surface area is 108 Å². The lowest BCUT2D eigenvalue weighted by atomic mass is 9.95. The number of carbonyl (C=O) groups excluding carboxylic acids is 1. The van der Waals surface area contributed by atoms with Crippen molar-refractivity contribution in [3.63, 3.8) is 0 Å². The maximum absolute atomic E-state index is 11.4. The van der Waals surface area contributed by atoms with Gasteiger partial charge in [-0.2, -0.15) is 11.8 Å². The molecule has 1 saturated carbocycles. The Bertz CT molecular complexity index is 268. The first-order valence-electron chi connectivity index (χ1n) is 6.28. The first-order valence-corrected chi connectivity index (χ1v) is 7.57. The number of hydrogen-bond donors (Lipinski definition) is 1. The standard InChI is InChI=1S/C13H23NO2S/c1-4-16-13(15)10(2)9-14-11-6-5-7-12(8-11)17-3/h11-12,14H,2,4-9H2,1,3H3. The Morgan fingerprint density at radius 2 is 2.29 bits per heavy atom. The van der Waals surface area contributed by atoms with Crippen molar-refractivity contribution in [1.29, 1.82) is 0 Å². The van der Waals surface area contributed by atoms with Crippen molar-refractivity contribution in [2.24, 2.45) is 0 Å². The van der Waals surface area contributed by atoms with Gasteiger partial charge in [-0.05, 0) is 32.4 Å². The van der Waals surface area contributed by atoms with Gasteiger partial charge in [0.2, 0.25) is 0 Å². The van der Waals surface area contributed by atoms with E-state index < -0.39 is 0 Å². The minimum absolute atomic E-state index is 0.280. The summed E-state index contributed by atoms with van der Waals surface area (Å²) >= 11 is 1.94. The van der Waals surface area contributed by atoms with Crippen molar-refractivity contribution in [2.45, 2.75) is 43.9 Å². The van der Waals surface area contributed by atoms with E-state index in [0.29, 0.717) is 24.8 Å². The molecule has 0 bridgehead atoms. The Hall–Kier alpha value is -0.480. The van der Waals surface area contributed by atoms with Crippen LogP contribution in [0.25, 0.3) is 0 Å². The first-order chi connectivity index (χ1) is 8.17. The van der Waals surface area contributed by atoms with Crippen LogP contribution < -0.4 is 5.32 Å². The van der Waals surface area contributed by atoms with Gasteiger partial charge in [0.25, 0.3) is 0 Å². The molecule has 1 aliphatic rings. The average molecular weight is 257 g/mol. The second-order valence-corrected chi connectivity index (χ2v) is 5.56. The molecular formula is C13H23NO2S. The van der Waals surface area contributed by atoms with Crippen molar-refractivity contribution in [1.82, 2.24) is 5.32 Å². The monoisotopic (exact) mass is 257 g/mol. The molecule has 0 aromatic carbocycles. The summed E-state index contributed by atoms with van der Waals surface area (Å²) in [6.45, 7) is 6.52. The number of esters is 1. The summed E-state index contributed by atoms with van der Waals surface area (Å²) in [5.41, 5.74) is 0.526. The van der Waals surface area contributed by atoms with Gasteiger partial charge in [-0.15, -0.1) is 0 Å². The Balaban J connectivity index is 2.25. The van der Waals surface area contributed by atoms with Crippen LogP contribution in [0.15, 0.2) is 12.2 Å². The highest BCUT2D eigenvalue weighted by atomic mass is 32.2. The molecule has 0 amide bonds. The Morgan fingerprint density at radius 3 is 2.94 bits per heavy atom. The fraction of sp³-hybridized carbons (Fsp3) is 0.769. The maximum atomic E-state index is 11.4. The number of rotatable bonds is 6. The highest BCUT2D eigenvalue weighted by molar-refractivity contribution is 7.99. The molecule has 98 valence electrons.